The van der Waals surface area contributed by atoms with Crippen molar-refractivity contribution in [1.29, 1.82) is 0 Å². The first-order valence-electron chi connectivity index (χ1n) is 4.32. The minimum atomic E-state index is -0.247. The molecule has 0 N–H and O–H groups in total. The Morgan fingerprint density at radius 2 is 2.46 bits per heavy atom. The van der Waals surface area contributed by atoms with Crippen molar-refractivity contribution >= 4 is 6.47 Å². The number of pyridine rings is 1. The molecule has 0 spiro atoms. The molecule has 1 heterocycles. The summed E-state index contributed by atoms with van der Waals surface area (Å²) < 4.78 is 4.80. The highest BCUT2D eigenvalue weighted by atomic mass is 16.5. The largest absolute Gasteiger partial charge is 0.447 e. The molecular weight excluding hydrogens is 166 g/mol. The van der Waals surface area contributed by atoms with Crippen molar-refractivity contribution in [2.24, 2.45) is 0 Å². The second-order valence-electron chi connectivity index (χ2n) is 2.73. The predicted octanol–water partition coefficient (Wildman–Crippen LogP) is 2.01. The number of aromatic nitrogens is 1. The van der Waals surface area contributed by atoms with E-state index in [2.05, 4.69) is 4.98 Å². The molecule has 1 rings (SSSR count). The molecule has 0 aliphatic heterocycles. The molecule has 69 valence electrons. The number of hydrogen-bond donors (Lipinski definition) is 0. The quantitative estimate of drug-likeness (QED) is 0.692. The van der Waals surface area contributed by atoms with E-state index in [1.165, 1.54) is 6.47 Å². The summed E-state index contributed by atoms with van der Waals surface area (Å²) in [5, 5.41) is 0. The average molecular weight is 178 g/mol. The van der Waals surface area contributed by atoms with Gasteiger partial charge in [-0.2, -0.15) is 0 Å². The molecule has 1 radical (unpaired) electrons. The number of carbonyl (C=O) groups excluding carboxylic acids is 1. The molecule has 1 aromatic rings. The monoisotopic (exact) mass is 178 g/mol. The molecule has 3 heteroatoms. The molecule has 0 fully saturated rings. The number of ether oxygens (including phenoxy) is 1. The van der Waals surface area contributed by atoms with Crippen LogP contribution in [0.3, 0.4) is 0 Å². The molecule has 0 aromatic carbocycles. The molecule has 0 aliphatic carbocycles. The lowest BCUT2D eigenvalue weighted by molar-refractivity contribution is 0.164. The van der Waals surface area contributed by atoms with Crippen LogP contribution >= 0.6 is 0 Å². The molecule has 1 unspecified atom stereocenters. The Balaban J connectivity index is 2.69. The van der Waals surface area contributed by atoms with Gasteiger partial charge in [0.2, 0.25) is 0 Å². The Kier molecular flexibility index (Phi) is 3.96. The van der Waals surface area contributed by atoms with Gasteiger partial charge in [0, 0.05) is 6.20 Å². The van der Waals surface area contributed by atoms with E-state index in [1.807, 2.05) is 25.1 Å². The minimum absolute atomic E-state index is 0.247. The van der Waals surface area contributed by atoms with Crippen LogP contribution in [0.1, 0.15) is 31.6 Å². The summed E-state index contributed by atoms with van der Waals surface area (Å²) in [5.41, 5.74) is 0.785. The first kappa shape index (κ1) is 9.71. The molecule has 0 saturated heterocycles. The van der Waals surface area contributed by atoms with Gasteiger partial charge < -0.3 is 4.74 Å². The fourth-order valence-corrected chi connectivity index (χ4v) is 1.15. The van der Waals surface area contributed by atoms with E-state index < -0.39 is 0 Å². The van der Waals surface area contributed by atoms with Gasteiger partial charge in [0.25, 0.3) is 0 Å². The van der Waals surface area contributed by atoms with Crippen molar-refractivity contribution in [2.45, 2.75) is 25.9 Å². The predicted molar refractivity (Wildman–Crippen MR) is 48.7 cm³/mol. The third-order valence-electron chi connectivity index (χ3n) is 1.76. The van der Waals surface area contributed by atoms with Crippen LogP contribution in [0.4, 0.5) is 0 Å². The number of hydrogen-bond acceptors (Lipinski definition) is 3. The van der Waals surface area contributed by atoms with Crippen molar-refractivity contribution in [3.8, 4) is 0 Å². The van der Waals surface area contributed by atoms with Crippen LogP contribution in [0, 0.1) is 0 Å². The van der Waals surface area contributed by atoms with Gasteiger partial charge in [-0.25, -0.2) is 4.79 Å². The maximum Gasteiger partial charge on any atom is 0.418 e. The van der Waals surface area contributed by atoms with Crippen molar-refractivity contribution in [3.05, 3.63) is 30.1 Å². The maximum absolute atomic E-state index is 10.1. The smallest absolute Gasteiger partial charge is 0.418 e. The summed E-state index contributed by atoms with van der Waals surface area (Å²) >= 11 is 0. The number of rotatable bonds is 5. The molecule has 1 aromatic heterocycles. The lowest BCUT2D eigenvalue weighted by Gasteiger charge is -2.11. The third-order valence-corrected chi connectivity index (χ3v) is 1.76. The van der Waals surface area contributed by atoms with Crippen molar-refractivity contribution in [1.82, 2.24) is 4.98 Å². The standard InChI is InChI=1S/C10H12NO2/c1-2-5-10(13-8-12)9-6-3-4-7-11-9/h3-4,6-7,10H,2,5H2,1H3. The summed E-state index contributed by atoms with van der Waals surface area (Å²) in [7, 11) is 0. The fourth-order valence-electron chi connectivity index (χ4n) is 1.15. The Labute approximate surface area is 77.8 Å². The van der Waals surface area contributed by atoms with Crippen LogP contribution < -0.4 is 0 Å². The topological polar surface area (TPSA) is 39.2 Å². The van der Waals surface area contributed by atoms with Gasteiger partial charge >= 0.3 is 6.47 Å². The third kappa shape index (κ3) is 2.86. The summed E-state index contributed by atoms with van der Waals surface area (Å²) in [6.07, 6.45) is 3.17. The second kappa shape index (κ2) is 5.30. The van der Waals surface area contributed by atoms with Gasteiger partial charge in [-0.3, -0.25) is 4.98 Å². The summed E-state index contributed by atoms with van der Waals surface area (Å²) in [6.45, 7) is 3.49. The Hall–Kier alpha value is -1.38. The van der Waals surface area contributed by atoms with Gasteiger partial charge in [0.1, 0.15) is 6.10 Å². The zero-order valence-electron chi connectivity index (χ0n) is 7.56. The summed E-state index contributed by atoms with van der Waals surface area (Å²) in [4.78, 5) is 14.2. The highest BCUT2D eigenvalue weighted by Crippen LogP contribution is 2.18. The highest BCUT2D eigenvalue weighted by Gasteiger charge is 2.11. The first-order chi connectivity index (χ1) is 6.38. The molecule has 13 heavy (non-hydrogen) atoms. The molecule has 3 nitrogen and oxygen atoms in total. The maximum atomic E-state index is 10.1. The van der Waals surface area contributed by atoms with Crippen molar-refractivity contribution in [2.75, 3.05) is 0 Å². The molecule has 1 atom stereocenters. The van der Waals surface area contributed by atoms with E-state index in [1.54, 1.807) is 6.20 Å². The van der Waals surface area contributed by atoms with Crippen molar-refractivity contribution in [3.63, 3.8) is 0 Å². The lowest BCUT2D eigenvalue weighted by Crippen LogP contribution is -2.04. The minimum Gasteiger partial charge on any atom is -0.447 e. The van der Waals surface area contributed by atoms with E-state index in [4.69, 9.17) is 4.74 Å². The zero-order valence-corrected chi connectivity index (χ0v) is 7.56. The molecule has 0 aliphatic rings. The van der Waals surface area contributed by atoms with Gasteiger partial charge in [0.15, 0.2) is 0 Å². The van der Waals surface area contributed by atoms with Gasteiger partial charge in [0.05, 0.1) is 5.69 Å². The Bertz CT molecular complexity index is 248. The van der Waals surface area contributed by atoms with E-state index in [9.17, 15) is 4.79 Å². The highest BCUT2D eigenvalue weighted by molar-refractivity contribution is 5.39. The molecule has 0 bridgehead atoms. The van der Waals surface area contributed by atoms with Crippen molar-refractivity contribution < 1.29 is 9.53 Å². The summed E-state index contributed by atoms with van der Waals surface area (Å²) in [6, 6.07) is 5.55. The SMILES string of the molecule is CCCC(O[C]=O)c1ccccn1. The van der Waals surface area contributed by atoms with Gasteiger partial charge in [-0.05, 0) is 18.6 Å². The van der Waals surface area contributed by atoms with Crippen LogP contribution in [-0.2, 0) is 9.53 Å². The van der Waals surface area contributed by atoms with E-state index >= 15 is 0 Å². The van der Waals surface area contributed by atoms with E-state index in [-0.39, 0.29) is 6.10 Å². The van der Waals surface area contributed by atoms with Crippen LogP contribution in [-0.4, -0.2) is 11.5 Å². The average Bonchev–Trinajstić information content (AvgIpc) is 2.19. The van der Waals surface area contributed by atoms with Gasteiger partial charge in [-0.15, -0.1) is 0 Å². The fraction of sp³-hybridized carbons (Fsp3) is 0.400. The second-order valence-corrected chi connectivity index (χ2v) is 2.73. The number of nitrogens with zero attached hydrogens (tertiary/aromatic N) is 1. The molecule has 0 amide bonds. The van der Waals surface area contributed by atoms with E-state index in [0.29, 0.717) is 0 Å². The summed E-state index contributed by atoms with van der Waals surface area (Å²) in [5.74, 6) is 0. The first-order valence-corrected chi connectivity index (χ1v) is 4.32. The van der Waals surface area contributed by atoms with E-state index in [0.717, 1.165) is 18.5 Å². The van der Waals surface area contributed by atoms with Crippen LogP contribution in [0.15, 0.2) is 24.4 Å². The molecular formula is C10H12NO2. The lowest BCUT2D eigenvalue weighted by atomic mass is 10.1. The molecule has 0 saturated carbocycles. The normalized spacial score (nSPS) is 12.1. The van der Waals surface area contributed by atoms with Crippen LogP contribution in [0.2, 0.25) is 0 Å². The Morgan fingerprint density at radius 1 is 1.62 bits per heavy atom. The zero-order chi connectivity index (χ0) is 9.52. The van der Waals surface area contributed by atoms with Gasteiger partial charge in [-0.1, -0.05) is 19.4 Å². The van der Waals surface area contributed by atoms with Crippen LogP contribution in [0.25, 0.3) is 0 Å². The Morgan fingerprint density at radius 3 is 3.00 bits per heavy atom. The van der Waals surface area contributed by atoms with Crippen LogP contribution in [0.5, 0.6) is 0 Å².